The van der Waals surface area contributed by atoms with E-state index in [0.717, 1.165) is 31.2 Å². The fraction of sp³-hybridized carbons (Fsp3) is 0.609. The van der Waals surface area contributed by atoms with Crippen LogP contribution in [0.3, 0.4) is 0 Å². The van der Waals surface area contributed by atoms with Crippen LogP contribution in [0.2, 0.25) is 0 Å². The summed E-state index contributed by atoms with van der Waals surface area (Å²) in [5.41, 5.74) is 0.0977. The van der Waals surface area contributed by atoms with Gasteiger partial charge >= 0.3 is 12.1 Å². The van der Waals surface area contributed by atoms with Gasteiger partial charge in [0.25, 0.3) is 0 Å². The van der Waals surface area contributed by atoms with Crippen molar-refractivity contribution in [2.24, 2.45) is 0 Å². The number of esters is 1. The predicted molar refractivity (Wildman–Crippen MR) is 112 cm³/mol. The lowest BCUT2D eigenvalue weighted by molar-refractivity contribution is -0.188. The molecule has 0 atom stereocenters. The van der Waals surface area contributed by atoms with Crippen LogP contribution in [0, 0.1) is 0 Å². The standard InChI is InChI=1S/C23H32N2O5/c1-21(2,3)30-20(28)24-22-14-23(15-22,16-22)25(18(26)10-11-19(27)29-4)13-12-17-8-6-5-7-9-17/h5-9H,10-16H2,1-4H3,(H,24,28). The van der Waals surface area contributed by atoms with E-state index >= 15 is 0 Å². The van der Waals surface area contributed by atoms with Gasteiger partial charge in [0.05, 0.1) is 19.1 Å². The largest absolute Gasteiger partial charge is 0.469 e. The topological polar surface area (TPSA) is 84.9 Å². The molecule has 1 aromatic rings. The molecule has 2 bridgehead atoms. The Morgan fingerprint density at radius 1 is 1.07 bits per heavy atom. The summed E-state index contributed by atoms with van der Waals surface area (Å²) in [7, 11) is 1.33. The Labute approximate surface area is 178 Å². The molecule has 7 nitrogen and oxygen atoms in total. The average Bonchev–Trinajstić information content (AvgIpc) is 2.62. The lowest BCUT2D eigenvalue weighted by atomic mass is 9.43. The van der Waals surface area contributed by atoms with Crippen LogP contribution in [0.15, 0.2) is 30.3 Å². The molecular weight excluding hydrogens is 384 g/mol. The normalized spacial score (nSPS) is 24.1. The molecule has 1 N–H and O–H groups in total. The van der Waals surface area contributed by atoms with Crippen LogP contribution in [-0.2, 0) is 25.5 Å². The van der Waals surface area contributed by atoms with Crippen LogP contribution in [0.1, 0.15) is 58.4 Å². The average molecular weight is 417 g/mol. The molecule has 0 spiro atoms. The summed E-state index contributed by atoms with van der Waals surface area (Å²) in [4.78, 5) is 38.5. The van der Waals surface area contributed by atoms with E-state index in [2.05, 4.69) is 10.1 Å². The first kappa shape index (κ1) is 22.1. The third-order valence-electron chi connectivity index (χ3n) is 5.88. The maximum Gasteiger partial charge on any atom is 0.408 e. The van der Waals surface area contributed by atoms with Gasteiger partial charge < -0.3 is 19.7 Å². The van der Waals surface area contributed by atoms with Crippen LogP contribution in [0.4, 0.5) is 4.79 Å². The summed E-state index contributed by atoms with van der Waals surface area (Å²) in [6.45, 7) is 6.09. The minimum absolute atomic E-state index is 0.0399. The van der Waals surface area contributed by atoms with E-state index in [0.29, 0.717) is 6.54 Å². The SMILES string of the molecule is COC(=O)CCC(=O)N(CCc1ccccc1)C12CC(NC(=O)OC(C)(C)C)(C1)C2. The molecule has 164 valence electrons. The predicted octanol–water partition coefficient (Wildman–Crippen LogP) is 3.21. The van der Waals surface area contributed by atoms with Crippen molar-refractivity contribution in [1.29, 1.82) is 0 Å². The molecule has 0 aromatic heterocycles. The first-order valence-corrected chi connectivity index (χ1v) is 10.5. The Kier molecular flexibility index (Phi) is 6.11. The van der Waals surface area contributed by atoms with Crippen molar-refractivity contribution in [3.8, 4) is 0 Å². The van der Waals surface area contributed by atoms with E-state index in [1.54, 1.807) is 0 Å². The van der Waals surface area contributed by atoms with Crippen molar-refractivity contribution < 1.29 is 23.9 Å². The van der Waals surface area contributed by atoms with Crippen molar-refractivity contribution >= 4 is 18.0 Å². The highest BCUT2D eigenvalue weighted by molar-refractivity contribution is 5.82. The smallest absolute Gasteiger partial charge is 0.408 e. The Morgan fingerprint density at radius 2 is 1.70 bits per heavy atom. The number of carbonyl (C=O) groups is 3. The molecule has 0 saturated heterocycles. The number of amides is 2. The summed E-state index contributed by atoms with van der Waals surface area (Å²) in [6, 6.07) is 10.0. The van der Waals surface area contributed by atoms with E-state index in [4.69, 9.17) is 4.74 Å². The van der Waals surface area contributed by atoms with Gasteiger partial charge in [0, 0.05) is 18.5 Å². The van der Waals surface area contributed by atoms with E-state index in [-0.39, 0.29) is 35.8 Å². The summed E-state index contributed by atoms with van der Waals surface area (Å²) in [5.74, 6) is -0.422. The number of benzene rings is 1. The highest BCUT2D eigenvalue weighted by Crippen LogP contribution is 2.63. The third kappa shape index (κ3) is 4.94. The Bertz CT molecular complexity index is 780. The van der Waals surface area contributed by atoms with Crippen LogP contribution < -0.4 is 5.32 Å². The summed E-state index contributed by atoms with van der Waals surface area (Å²) in [6.07, 6.45) is 2.71. The molecule has 4 rings (SSSR count). The Hall–Kier alpha value is -2.57. The molecule has 2 amide bonds. The molecule has 3 fully saturated rings. The number of nitrogens with zero attached hydrogens (tertiary/aromatic N) is 1. The minimum Gasteiger partial charge on any atom is -0.469 e. The number of hydrogen-bond donors (Lipinski definition) is 1. The van der Waals surface area contributed by atoms with Crippen molar-refractivity contribution in [2.45, 2.75) is 76.0 Å². The highest BCUT2D eigenvalue weighted by atomic mass is 16.6. The molecule has 0 heterocycles. The van der Waals surface area contributed by atoms with Crippen LogP contribution in [-0.4, -0.2) is 53.2 Å². The molecule has 0 unspecified atom stereocenters. The first-order valence-electron chi connectivity index (χ1n) is 10.5. The monoisotopic (exact) mass is 416 g/mol. The van der Waals surface area contributed by atoms with Crippen LogP contribution in [0.5, 0.6) is 0 Å². The number of methoxy groups -OCH3 is 1. The van der Waals surface area contributed by atoms with Crippen molar-refractivity contribution in [1.82, 2.24) is 10.2 Å². The van der Waals surface area contributed by atoms with Gasteiger partial charge in [-0.1, -0.05) is 30.3 Å². The number of rotatable bonds is 8. The zero-order valence-electron chi connectivity index (χ0n) is 18.3. The summed E-state index contributed by atoms with van der Waals surface area (Å²) >= 11 is 0. The maximum absolute atomic E-state index is 13.0. The van der Waals surface area contributed by atoms with Gasteiger partial charge in [-0.2, -0.15) is 0 Å². The van der Waals surface area contributed by atoms with Crippen LogP contribution in [0.25, 0.3) is 0 Å². The first-order chi connectivity index (χ1) is 14.1. The van der Waals surface area contributed by atoms with Crippen LogP contribution >= 0.6 is 0 Å². The molecule has 30 heavy (non-hydrogen) atoms. The number of nitrogens with one attached hydrogen (secondary N) is 1. The van der Waals surface area contributed by atoms with E-state index in [9.17, 15) is 14.4 Å². The fourth-order valence-corrected chi connectivity index (χ4v) is 4.63. The van der Waals surface area contributed by atoms with Gasteiger partial charge in [-0.05, 0) is 52.0 Å². The summed E-state index contributed by atoms with van der Waals surface area (Å²) in [5, 5.41) is 2.99. The number of carbonyl (C=O) groups excluding carboxylic acids is 3. The molecule has 0 aliphatic heterocycles. The fourth-order valence-electron chi connectivity index (χ4n) is 4.63. The van der Waals surface area contributed by atoms with E-state index < -0.39 is 11.7 Å². The lowest BCUT2D eigenvalue weighted by Gasteiger charge is -2.73. The van der Waals surface area contributed by atoms with Gasteiger partial charge in [0.15, 0.2) is 0 Å². The van der Waals surface area contributed by atoms with E-state index in [1.165, 1.54) is 7.11 Å². The van der Waals surface area contributed by atoms with Crippen molar-refractivity contribution in [3.05, 3.63) is 35.9 Å². The van der Waals surface area contributed by atoms with Gasteiger partial charge in [0.2, 0.25) is 5.91 Å². The molecule has 3 saturated carbocycles. The van der Waals surface area contributed by atoms with E-state index in [1.807, 2.05) is 56.0 Å². The second kappa shape index (κ2) is 8.28. The lowest BCUT2D eigenvalue weighted by Crippen LogP contribution is -2.84. The van der Waals surface area contributed by atoms with Gasteiger partial charge in [0.1, 0.15) is 5.60 Å². The second-order valence-corrected chi connectivity index (χ2v) is 9.52. The quantitative estimate of drug-likeness (QED) is 0.658. The van der Waals surface area contributed by atoms with Crippen molar-refractivity contribution in [2.75, 3.05) is 13.7 Å². The second-order valence-electron chi connectivity index (χ2n) is 9.52. The maximum atomic E-state index is 13.0. The Morgan fingerprint density at radius 3 is 2.27 bits per heavy atom. The molecule has 1 aromatic carbocycles. The van der Waals surface area contributed by atoms with Gasteiger partial charge in [-0.3, -0.25) is 9.59 Å². The third-order valence-corrected chi connectivity index (χ3v) is 5.88. The number of ether oxygens (including phenoxy) is 2. The molecular formula is C23H32N2O5. The van der Waals surface area contributed by atoms with Gasteiger partial charge in [-0.25, -0.2) is 4.79 Å². The van der Waals surface area contributed by atoms with Crippen molar-refractivity contribution in [3.63, 3.8) is 0 Å². The zero-order valence-corrected chi connectivity index (χ0v) is 18.3. The molecule has 3 aliphatic rings. The highest BCUT2D eigenvalue weighted by Gasteiger charge is 2.71. The number of alkyl carbamates (subject to hydrolysis) is 1. The summed E-state index contributed by atoms with van der Waals surface area (Å²) < 4.78 is 10.0. The number of hydrogen-bond acceptors (Lipinski definition) is 5. The molecule has 0 radical (unpaired) electrons. The zero-order chi connectivity index (χ0) is 22.0. The van der Waals surface area contributed by atoms with Gasteiger partial charge in [-0.15, -0.1) is 0 Å². The molecule has 7 heteroatoms. The molecule has 3 aliphatic carbocycles. The minimum atomic E-state index is -0.545. The Balaban J connectivity index is 1.61.